The fourth-order valence-corrected chi connectivity index (χ4v) is 1.89. The molecule has 0 bridgehead atoms. The van der Waals surface area contributed by atoms with Crippen LogP contribution in [-0.4, -0.2) is 36.0 Å². The first-order valence-corrected chi connectivity index (χ1v) is 7.28. The van der Waals surface area contributed by atoms with Gasteiger partial charge in [-0.1, -0.05) is 13.0 Å². The molecule has 0 radical (unpaired) electrons. The normalized spacial score (nSPS) is 10.5. The van der Waals surface area contributed by atoms with Crippen molar-refractivity contribution in [2.45, 2.75) is 19.9 Å². The third-order valence-corrected chi connectivity index (χ3v) is 2.98. The van der Waals surface area contributed by atoms with Crippen LogP contribution in [0.5, 0.6) is 5.75 Å². The summed E-state index contributed by atoms with van der Waals surface area (Å²) in [6.07, 6.45) is 4.32. The topological polar surface area (TPSA) is 65.4 Å². The van der Waals surface area contributed by atoms with E-state index in [0.29, 0.717) is 36.8 Å². The molecule has 0 saturated carbocycles. The molecule has 0 fully saturated rings. The quantitative estimate of drug-likeness (QED) is 0.814. The summed E-state index contributed by atoms with van der Waals surface area (Å²) in [6, 6.07) is 7.14. The summed E-state index contributed by atoms with van der Waals surface area (Å²) >= 11 is 0. The van der Waals surface area contributed by atoms with E-state index in [4.69, 9.17) is 9.47 Å². The van der Waals surface area contributed by atoms with Gasteiger partial charge in [-0.2, -0.15) is 5.10 Å². The minimum atomic E-state index is -0.187. The Morgan fingerprint density at radius 3 is 3.00 bits per heavy atom. The SMILES string of the molecule is CCCOc1cccc(C(=O)Nc2cnn(CCOC)c2)c1. The molecule has 0 aliphatic carbocycles. The zero-order valence-corrected chi connectivity index (χ0v) is 12.9. The summed E-state index contributed by atoms with van der Waals surface area (Å²) in [5, 5.41) is 6.98. The van der Waals surface area contributed by atoms with Gasteiger partial charge in [0, 0.05) is 18.9 Å². The van der Waals surface area contributed by atoms with Gasteiger partial charge in [-0.15, -0.1) is 0 Å². The lowest BCUT2D eigenvalue weighted by molar-refractivity contribution is 0.102. The van der Waals surface area contributed by atoms with Gasteiger partial charge in [0.25, 0.3) is 5.91 Å². The van der Waals surface area contributed by atoms with E-state index in [9.17, 15) is 4.79 Å². The second-order valence-corrected chi connectivity index (χ2v) is 4.82. The zero-order chi connectivity index (χ0) is 15.8. The van der Waals surface area contributed by atoms with Crippen LogP contribution >= 0.6 is 0 Å². The number of rotatable bonds is 8. The largest absolute Gasteiger partial charge is 0.494 e. The summed E-state index contributed by atoms with van der Waals surface area (Å²) in [5.74, 6) is 0.513. The highest BCUT2D eigenvalue weighted by molar-refractivity contribution is 6.04. The van der Waals surface area contributed by atoms with Crippen LogP contribution in [0.3, 0.4) is 0 Å². The van der Waals surface area contributed by atoms with Crippen molar-refractivity contribution in [1.82, 2.24) is 9.78 Å². The van der Waals surface area contributed by atoms with E-state index >= 15 is 0 Å². The van der Waals surface area contributed by atoms with E-state index in [2.05, 4.69) is 10.4 Å². The Kier molecular flexibility index (Phi) is 5.97. The van der Waals surface area contributed by atoms with Crippen molar-refractivity contribution in [2.75, 3.05) is 25.6 Å². The predicted molar refractivity (Wildman–Crippen MR) is 84.3 cm³/mol. The lowest BCUT2D eigenvalue weighted by Gasteiger charge is -2.07. The number of carbonyl (C=O) groups excluding carboxylic acids is 1. The average molecular weight is 303 g/mol. The smallest absolute Gasteiger partial charge is 0.255 e. The van der Waals surface area contributed by atoms with Crippen LogP contribution in [-0.2, 0) is 11.3 Å². The molecule has 1 aromatic heterocycles. The Morgan fingerprint density at radius 2 is 2.23 bits per heavy atom. The second-order valence-electron chi connectivity index (χ2n) is 4.82. The Morgan fingerprint density at radius 1 is 1.36 bits per heavy atom. The first-order valence-electron chi connectivity index (χ1n) is 7.28. The van der Waals surface area contributed by atoms with Crippen LogP contribution in [0.2, 0.25) is 0 Å². The number of anilines is 1. The van der Waals surface area contributed by atoms with Crippen molar-refractivity contribution in [1.29, 1.82) is 0 Å². The predicted octanol–water partition coefficient (Wildman–Crippen LogP) is 2.57. The van der Waals surface area contributed by atoms with Gasteiger partial charge in [0.05, 0.1) is 31.6 Å². The first kappa shape index (κ1) is 16.0. The molecule has 1 aromatic carbocycles. The highest BCUT2D eigenvalue weighted by Crippen LogP contribution is 2.15. The number of amides is 1. The lowest BCUT2D eigenvalue weighted by atomic mass is 10.2. The maximum absolute atomic E-state index is 12.2. The highest BCUT2D eigenvalue weighted by atomic mass is 16.5. The maximum Gasteiger partial charge on any atom is 0.255 e. The van der Waals surface area contributed by atoms with E-state index in [1.54, 1.807) is 36.3 Å². The molecule has 0 atom stereocenters. The molecule has 0 spiro atoms. The molecule has 118 valence electrons. The Labute approximate surface area is 130 Å². The van der Waals surface area contributed by atoms with Crippen molar-refractivity contribution in [2.24, 2.45) is 0 Å². The molecule has 0 aliphatic rings. The van der Waals surface area contributed by atoms with Crippen LogP contribution in [0, 0.1) is 0 Å². The molecule has 6 nitrogen and oxygen atoms in total. The third-order valence-electron chi connectivity index (χ3n) is 2.98. The third kappa shape index (κ3) is 4.60. The fourth-order valence-electron chi connectivity index (χ4n) is 1.89. The summed E-state index contributed by atoms with van der Waals surface area (Å²) in [7, 11) is 1.64. The standard InChI is InChI=1S/C16H21N3O3/c1-3-8-22-15-6-4-5-13(10-15)16(20)18-14-11-17-19(12-14)7-9-21-2/h4-6,10-12H,3,7-9H2,1-2H3,(H,18,20). The number of ether oxygens (including phenoxy) is 2. The van der Waals surface area contributed by atoms with Gasteiger partial charge in [-0.25, -0.2) is 0 Å². The number of nitrogens with zero attached hydrogens (tertiary/aromatic N) is 2. The van der Waals surface area contributed by atoms with Gasteiger partial charge in [0.2, 0.25) is 0 Å². The van der Waals surface area contributed by atoms with Crippen molar-refractivity contribution < 1.29 is 14.3 Å². The van der Waals surface area contributed by atoms with Crippen molar-refractivity contribution >= 4 is 11.6 Å². The zero-order valence-electron chi connectivity index (χ0n) is 12.9. The van der Waals surface area contributed by atoms with Crippen LogP contribution in [0.15, 0.2) is 36.7 Å². The first-order chi connectivity index (χ1) is 10.7. The average Bonchev–Trinajstić information content (AvgIpc) is 2.98. The number of methoxy groups -OCH3 is 1. The molecule has 0 aliphatic heterocycles. The number of aromatic nitrogens is 2. The Bertz CT molecular complexity index is 610. The number of hydrogen-bond donors (Lipinski definition) is 1. The van der Waals surface area contributed by atoms with Crippen LogP contribution < -0.4 is 10.1 Å². The van der Waals surface area contributed by atoms with Crippen molar-refractivity contribution in [3.05, 3.63) is 42.2 Å². The van der Waals surface area contributed by atoms with Crippen molar-refractivity contribution in [3.63, 3.8) is 0 Å². The van der Waals surface area contributed by atoms with Crippen LogP contribution in [0.4, 0.5) is 5.69 Å². The minimum Gasteiger partial charge on any atom is -0.494 e. The Balaban J connectivity index is 1.98. The minimum absolute atomic E-state index is 0.187. The van der Waals surface area contributed by atoms with Crippen LogP contribution in [0.25, 0.3) is 0 Å². The maximum atomic E-state index is 12.2. The van der Waals surface area contributed by atoms with E-state index in [1.165, 1.54) is 0 Å². The molecule has 6 heteroatoms. The number of hydrogen-bond acceptors (Lipinski definition) is 4. The van der Waals surface area contributed by atoms with E-state index in [0.717, 1.165) is 6.42 Å². The molecular formula is C16H21N3O3. The highest BCUT2D eigenvalue weighted by Gasteiger charge is 2.08. The van der Waals surface area contributed by atoms with Gasteiger partial charge < -0.3 is 14.8 Å². The summed E-state index contributed by atoms with van der Waals surface area (Å²) in [4.78, 5) is 12.2. The molecule has 2 aromatic rings. The molecule has 0 unspecified atom stereocenters. The van der Waals surface area contributed by atoms with E-state index < -0.39 is 0 Å². The fraction of sp³-hybridized carbons (Fsp3) is 0.375. The number of nitrogens with one attached hydrogen (secondary N) is 1. The van der Waals surface area contributed by atoms with Gasteiger partial charge in [0.15, 0.2) is 0 Å². The monoisotopic (exact) mass is 303 g/mol. The van der Waals surface area contributed by atoms with Gasteiger partial charge >= 0.3 is 0 Å². The van der Waals surface area contributed by atoms with E-state index in [-0.39, 0.29) is 5.91 Å². The second kappa shape index (κ2) is 8.19. The molecule has 1 amide bonds. The van der Waals surface area contributed by atoms with Crippen LogP contribution in [0.1, 0.15) is 23.7 Å². The molecule has 0 saturated heterocycles. The number of benzene rings is 1. The van der Waals surface area contributed by atoms with Gasteiger partial charge in [-0.3, -0.25) is 9.48 Å². The summed E-state index contributed by atoms with van der Waals surface area (Å²) in [6.45, 7) is 3.90. The summed E-state index contributed by atoms with van der Waals surface area (Å²) < 4.78 is 12.2. The van der Waals surface area contributed by atoms with Gasteiger partial charge in [-0.05, 0) is 24.6 Å². The molecule has 1 heterocycles. The van der Waals surface area contributed by atoms with Crippen molar-refractivity contribution in [3.8, 4) is 5.75 Å². The molecule has 2 rings (SSSR count). The lowest BCUT2D eigenvalue weighted by Crippen LogP contribution is -2.11. The Hall–Kier alpha value is -2.34. The molecule has 22 heavy (non-hydrogen) atoms. The summed E-state index contributed by atoms with van der Waals surface area (Å²) in [5.41, 5.74) is 1.21. The molecular weight excluding hydrogens is 282 g/mol. The molecule has 1 N–H and O–H groups in total. The van der Waals surface area contributed by atoms with E-state index in [1.807, 2.05) is 19.1 Å². The number of carbonyl (C=O) groups is 1. The van der Waals surface area contributed by atoms with Gasteiger partial charge in [0.1, 0.15) is 5.75 Å².